The molecule has 1 saturated heterocycles. The first-order valence-corrected chi connectivity index (χ1v) is 15.4. The van der Waals surface area contributed by atoms with Crippen molar-refractivity contribution >= 4 is 30.9 Å². The number of hydrogen-bond acceptors (Lipinski definition) is 4. The fourth-order valence-electron chi connectivity index (χ4n) is 4.53. The summed E-state index contributed by atoms with van der Waals surface area (Å²) in [5.41, 5.74) is 1.92. The second-order valence-electron chi connectivity index (χ2n) is 10.7. The molecule has 10 heteroatoms. The monoisotopic (exact) mass is 480 g/mol. The van der Waals surface area contributed by atoms with E-state index in [1.54, 1.807) is 18.5 Å². The summed E-state index contributed by atoms with van der Waals surface area (Å²) in [6, 6.07) is 2.70. The topological polar surface area (TPSA) is 79.6 Å². The number of piperidine rings is 1. The molecular formula is C23H34F2N4O3Si. The van der Waals surface area contributed by atoms with Gasteiger partial charge in [0, 0.05) is 63.2 Å². The SMILES string of the molecule is C[C@H]1CC[C@@H](Nc2ccnc3c2c(C2CC2(F)F)cn3COCC[Si](C)(C)C)CN1C(=O)O. The predicted molar refractivity (Wildman–Crippen MR) is 127 cm³/mol. The number of aromatic nitrogens is 2. The van der Waals surface area contributed by atoms with Crippen LogP contribution in [-0.4, -0.2) is 64.9 Å². The third-order valence-electron chi connectivity index (χ3n) is 6.70. The second kappa shape index (κ2) is 8.86. The number of nitrogens with one attached hydrogen (secondary N) is 1. The van der Waals surface area contributed by atoms with Gasteiger partial charge in [-0.15, -0.1) is 0 Å². The van der Waals surface area contributed by atoms with Crippen molar-refractivity contribution in [2.75, 3.05) is 18.5 Å². The van der Waals surface area contributed by atoms with Gasteiger partial charge in [0.15, 0.2) is 0 Å². The normalized spacial score (nSPS) is 24.8. The first-order valence-electron chi connectivity index (χ1n) is 11.7. The number of amides is 1. The molecule has 2 fully saturated rings. The Bertz CT molecular complexity index is 1020. The molecule has 3 heterocycles. The fraction of sp³-hybridized carbons (Fsp3) is 0.652. The lowest BCUT2D eigenvalue weighted by Gasteiger charge is -2.36. The van der Waals surface area contributed by atoms with E-state index in [4.69, 9.17) is 4.74 Å². The molecule has 3 atom stereocenters. The molecule has 4 rings (SSSR count). The summed E-state index contributed by atoms with van der Waals surface area (Å²) in [7, 11) is -1.23. The minimum Gasteiger partial charge on any atom is -0.465 e. The summed E-state index contributed by atoms with van der Waals surface area (Å²) in [5, 5.41) is 13.6. The summed E-state index contributed by atoms with van der Waals surface area (Å²) in [6.45, 7) is 10.0. The highest BCUT2D eigenvalue weighted by molar-refractivity contribution is 6.76. The number of alkyl halides is 2. The van der Waals surface area contributed by atoms with Crippen LogP contribution in [0.4, 0.5) is 19.3 Å². The molecule has 0 radical (unpaired) electrons. The molecule has 2 aliphatic rings. The third-order valence-corrected chi connectivity index (χ3v) is 8.41. The second-order valence-corrected chi connectivity index (χ2v) is 16.3. The van der Waals surface area contributed by atoms with Crippen molar-refractivity contribution in [1.29, 1.82) is 0 Å². The van der Waals surface area contributed by atoms with E-state index in [9.17, 15) is 18.7 Å². The molecule has 1 unspecified atom stereocenters. The van der Waals surface area contributed by atoms with Gasteiger partial charge in [-0.3, -0.25) is 0 Å². The van der Waals surface area contributed by atoms with E-state index in [-0.39, 0.29) is 25.2 Å². The third kappa shape index (κ3) is 5.32. The standard InChI is InChI=1S/C23H34F2N4O3Si/c1-15-5-6-16(12-29(15)22(30)31)27-19-7-8-26-21-20(19)17(18-11-23(18,24)25)13-28(21)14-32-9-10-33(2,3)4/h7-8,13,15-16,18H,5-6,9-12,14H2,1-4H3,(H,26,27)(H,30,31)/t15-,16+,18?/m0/s1. The van der Waals surface area contributed by atoms with Gasteiger partial charge in [-0.2, -0.15) is 0 Å². The lowest BCUT2D eigenvalue weighted by Crippen LogP contribution is -2.49. The molecule has 1 aliphatic carbocycles. The number of rotatable bonds is 8. The van der Waals surface area contributed by atoms with Crippen molar-refractivity contribution in [3.05, 3.63) is 24.0 Å². The zero-order valence-electron chi connectivity index (χ0n) is 19.8. The number of hydrogen-bond donors (Lipinski definition) is 2. The van der Waals surface area contributed by atoms with Crippen LogP contribution in [-0.2, 0) is 11.5 Å². The lowest BCUT2D eigenvalue weighted by atomic mass is 9.99. The van der Waals surface area contributed by atoms with E-state index in [0.29, 0.717) is 29.7 Å². The first-order chi connectivity index (χ1) is 15.5. The van der Waals surface area contributed by atoms with Crippen LogP contribution in [0.5, 0.6) is 0 Å². The van der Waals surface area contributed by atoms with Gasteiger partial charge in [0.2, 0.25) is 0 Å². The van der Waals surface area contributed by atoms with Gasteiger partial charge in [0.25, 0.3) is 5.92 Å². The minimum atomic E-state index is -2.70. The molecule has 7 nitrogen and oxygen atoms in total. The number of fused-ring (bicyclic) bond motifs is 1. The van der Waals surface area contributed by atoms with E-state index in [0.717, 1.165) is 24.6 Å². The van der Waals surface area contributed by atoms with Crippen molar-refractivity contribution in [2.24, 2.45) is 0 Å². The largest absolute Gasteiger partial charge is 0.465 e. The number of carbonyl (C=O) groups is 1. The maximum Gasteiger partial charge on any atom is 0.407 e. The Morgan fingerprint density at radius 3 is 2.73 bits per heavy atom. The molecule has 0 bridgehead atoms. The van der Waals surface area contributed by atoms with Crippen LogP contribution >= 0.6 is 0 Å². The number of likely N-dealkylation sites (tertiary alicyclic amines) is 1. The first kappa shape index (κ1) is 23.9. The molecule has 2 aromatic heterocycles. The molecule has 182 valence electrons. The highest BCUT2D eigenvalue weighted by atomic mass is 28.3. The highest BCUT2D eigenvalue weighted by Gasteiger charge is 2.58. The van der Waals surface area contributed by atoms with Gasteiger partial charge < -0.3 is 24.6 Å². The average Bonchev–Trinajstić information content (AvgIpc) is 3.20. The van der Waals surface area contributed by atoms with Crippen LogP contribution in [0.25, 0.3) is 11.0 Å². The number of carboxylic acid groups (broad SMARTS) is 1. The Hall–Kier alpha value is -2.20. The predicted octanol–water partition coefficient (Wildman–Crippen LogP) is 5.41. The minimum absolute atomic E-state index is 0.0342. The summed E-state index contributed by atoms with van der Waals surface area (Å²) in [4.78, 5) is 17.5. The van der Waals surface area contributed by atoms with Crippen LogP contribution in [0, 0.1) is 0 Å². The summed E-state index contributed by atoms with van der Waals surface area (Å²) in [5.74, 6) is -3.53. The van der Waals surface area contributed by atoms with E-state index in [2.05, 4.69) is 29.9 Å². The number of halogens is 2. The molecule has 0 spiro atoms. The van der Waals surface area contributed by atoms with E-state index in [1.165, 1.54) is 4.90 Å². The Morgan fingerprint density at radius 1 is 1.36 bits per heavy atom. The van der Waals surface area contributed by atoms with Crippen LogP contribution in [0.3, 0.4) is 0 Å². The van der Waals surface area contributed by atoms with Gasteiger partial charge in [-0.1, -0.05) is 19.6 Å². The van der Waals surface area contributed by atoms with Gasteiger partial charge in [0.1, 0.15) is 12.4 Å². The Kier molecular flexibility index (Phi) is 6.43. The fourth-order valence-corrected chi connectivity index (χ4v) is 5.29. The number of ether oxygens (including phenoxy) is 1. The Balaban J connectivity index is 1.59. The van der Waals surface area contributed by atoms with Gasteiger partial charge >= 0.3 is 6.09 Å². The molecule has 2 aromatic rings. The van der Waals surface area contributed by atoms with Crippen molar-refractivity contribution in [2.45, 2.75) is 82.5 Å². The smallest absolute Gasteiger partial charge is 0.407 e. The molecular weight excluding hydrogens is 446 g/mol. The van der Waals surface area contributed by atoms with Crippen LogP contribution in [0.15, 0.2) is 18.5 Å². The van der Waals surface area contributed by atoms with Crippen LogP contribution in [0.2, 0.25) is 25.7 Å². The van der Waals surface area contributed by atoms with Gasteiger partial charge in [-0.05, 0) is 37.4 Å². The van der Waals surface area contributed by atoms with E-state index < -0.39 is 26.0 Å². The summed E-state index contributed by atoms with van der Waals surface area (Å²) in [6.07, 6.45) is 3.88. The average molecular weight is 481 g/mol. The van der Waals surface area contributed by atoms with E-state index in [1.807, 2.05) is 11.5 Å². The number of nitrogens with zero attached hydrogens (tertiary/aromatic N) is 3. The molecule has 1 amide bonds. The zero-order chi connectivity index (χ0) is 24.0. The maximum absolute atomic E-state index is 14.1. The zero-order valence-corrected chi connectivity index (χ0v) is 20.8. The summed E-state index contributed by atoms with van der Waals surface area (Å²) < 4.78 is 35.9. The Morgan fingerprint density at radius 2 is 2.09 bits per heavy atom. The van der Waals surface area contributed by atoms with Gasteiger partial charge in [0.05, 0.1) is 5.92 Å². The van der Waals surface area contributed by atoms with E-state index >= 15 is 0 Å². The molecule has 33 heavy (non-hydrogen) atoms. The lowest BCUT2D eigenvalue weighted by molar-refractivity contribution is 0.0894. The highest BCUT2D eigenvalue weighted by Crippen LogP contribution is 2.57. The summed E-state index contributed by atoms with van der Waals surface area (Å²) >= 11 is 0. The van der Waals surface area contributed by atoms with Crippen molar-refractivity contribution in [1.82, 2.24) is 14.5 Å². The molecule has 2 N–H and O–H groups in total. The van der Waals surface area contributed by atoms with Crippen molar-refractivity contribution in [3.8, 4) is 0 Å². The maximum atomic E-state index is 14.1. The molecule has 1 aliphatic heterocycles. The number of anilines is 1. The number of pyridine rings is 1. The van der Waals surface area contributed by atoms with Gasteiger partial charge in [-0.25, -0.2) is 18.6 Å². The Labute approximate surface area is 194 Å². The molecule has 0 aromatic carbocycles. The van der Waals surface area contributed by atoms with Crippen LogP contribution in [0.1, 0.15) is 37.7 Å². The van der Waals surface area contributed by atoms with Crippen LogP contribution < -0.4 is 5.32 Å². The quantitative estimate of drug-likeness (QED) is 0.390. The van der Waals surface area contributed by atoms with Crippen molar-refractivity contribution < 1.29 is 23.4 Å². The molecule has 1 saturated carbocycles. The van der Waals surface area contributed by atoms with Crippen molar-refractivity contribution in [3.63, 3.8) is 0 Å².